The third kappa shape index (κ3) is 7.24. The Labute approximate surface area is 223 Å². The molecule has 9 nitrogen and oxygen atoms in total. The third-order valence-electron chi connectivity index (χ3n) is 6.71. The highest BCUT2D eigenvalue weighted by Crippen LogP contribution is 2.26. The van der Waals surface area contributed by atoms with Gasteiger partial charge >= 0.3 is 5.97 Å². The van der Waals surface area contributed by atoms with Crippen LogP contribution >= 0.6 is 0 Å². The number of rotatable bonds is 14. The molecule has 0 saturated heterocycles. The zero-order valence-electron chi connectivity index (χ0n) is 23.0. The summed E-state index contributed by atoms with van der Waals surface area (Å²) in [5.74, 6) is -1.35. The predicted octanol–water partition coefficient (Wildman–Crippen LogP) is 5.31. The van der Waals surface area contributed by atoms with Gasteiger partial charge < -0.3 is 25.1 Å². The molecule has 0 radical (unpaired) electrons. The lowest BCUT2D eigenvalue weighted by molar-refractivity contribution is -0.132. The fourth-order valence-electron chi connectivity index (χ4n) is 4.85. The lowest BCUT2D eigenvalue weighted by Crippen LogP contribution is -2.50. The van der Waals surface area contributed by atoms with Crippen LogP contribution in [0.15, 0.2) is 34.9 Å². The third-order valence-corrected chi connectivity index (χ3v) is 6.71. The molecule has 1 aromatic carbocycles. The molecule has 0 saturated carbocycles. The Bertz CT molecular complexity index is 1240. The van der Waals surface area contributed by atoms with Crippen molar-refractivity contribution in [2.45, 2.75) is 85.2 Å². The van der Waals surface area contributed by atoms with Gasteiger partial charge in [-0.1, -0.05) is 58.7 Å². The number of benzene rings is 1. The van der Waals surface area contributed by atoms with E-state index in [1.807, 2.05) is 58.2 Å². The highest BCUT2D eigenvalue weighted by atomic mass is 16.4. The monoisotopic (exact) mass is 524 g/mol. The normalized spacial score (nSPS) is 13.1. The second kappa shape index (κ2) is 13.3. The van der Waals surface area contributed by atoms with Gasteiger partial charge in [0.05, 0.1) is 0 Å². The molecule has 0 spiro atoms. The van der Waals surface area contributed by atoms with E-state index in [4.69, 9.17) is 4.42 Å². The molecule has 0 aliphatic rings. The summed E-state index contributed by atoms with van der Waals surface area (Å²) in [5, 5.41) is 16.5. The predicted molar refractivity (Wildman–Crippen MR) is 146 cm³/mol. The molecule has 0 aliphatic carbocycles. The molecule has 206 valence electrons. The van der Waals surface area contributed by atoms with Gasteiger partial charge in [-0.25, -0.2) is 9.78 Å². The van der Waals surface area contributed by atoms with E-state index >= 15 is 0 Å². The summed E-state index contributed by atoms with van der Waals surface area (Å²) in [6, 6.07) is 6.33. The summed E-state index contributed by atoms with van der Waals surface area (Å²) in [7, 11) is 0. The van der Waals surface area contributed by atoms with Crippen molar-refractivity contribution >= 4 is 28.7 Å². The number of nitrogens with one attached hydrogen (secondary N) is 3. The fourth-order valence-corrected chi connectivity index (χ4v) is 4.85. The maximum atomic E-state index is 13.6. The number of carbonyl (C=O) groups excluding carboxylic acids is 2. The van der Waals surface area contributed by atoms with Gasteiger partial charge in [0.2, 0.25) is 17.7 Å². The molecule has 38 heavy (non-hydrogen) atoms. The first-order valence-corrected chi connectivity index (χ1v) is 13.5. The number of aromatic carboxylic acids is 1. The highest BCUT2D eigenvalue weighted by Gasteiger charge is 2.30. The van der Waals surface area contributed by atoms with E-state index in [1.54, 1.807) is 0 Å². The summed E-state index contributed by atoms with van der Waals surface area (Å²) in [5.41, 5.74) is 1.69. The lowest BCUT2D eigenvalue weighted by Gasteiger charge is -2.25. The van der Waals surface area contributed by atoms with Crippen LogP contribution in [0.3, 0.4) is 0 Å². The van der Waals surface area contributed by atoms with E-state index in [1.165, 1.54) is 6.92 Å². The largest absolute Gasteiger partial charge is 0.476 e. The Morgan fingerprint density at radius 2 is 1.74 bits per heavy atom. The summed E-state index contributed by atoms with van der Waals surface area (Å²) in [6.07, 6.45) is 5.98. The summed E-state index contributed by atoms with van der Waals surface area (Å²) in [4.78, 5) is 45.8. The Kier molecular flexibility index (Phi) is 10.1. The molecule has 0 bridgehead atoms. The van der Waals surface area contributed by atoms with E-state index in [9.17, 15) is 19.5 Å². The number of para-hydroxylation sites is 1. The smallest absolute Gasteiger partial charge is 0.358 e. The van der Waals surface area contributed by atoms with Crippen molar-refractivity contribution < 1.29 is 23.9 Å². The standard InChI is InChI=1S/C29H40N4O5/c1-6-10-19(11-7-2)26(34)31-23(14-17(3)4)27(35)32-24(28-33-25(29(36)37)18(5)38-28)15-20-16-30-22-13-9-8-12-21(20)22/h8-9,12-13,16-17,19,23-24,30H,6-7,10-11,14-15H2,1-5H3,(H,31,34)(H,32,35)(H,36,37)/t23-,24+/m0/s1. The summed E-state index contributed by atoms with van der Waals surface area (Å²) in [6.45, 7) is 9.64. The molecule has 2 atom stereocenters. The van der Waals surface area contributed by atoms with Crippen molar-refractivity contribution in [1.29, 1.82) is 0 Å². The van der Waals surface area contributed by atoms with Crippen molar-refractivity contribution in [3.8, 4) is 0 Å². The molecule has 3 aromatic rings. The first kappa shape index (κ1) is 28.9. The molecular formula is C29H40N4O5. The van der Waals surface area contributed by atoms with E-state index in [2.05, 4.69) is 20.6 Å². The maximum absolute atomic E-state index is 13.6. The number of aromatic amines is 1. The minimum atomic E-state index is -1.20. The van der Waals surface area contributed by atoms with Crippen LogP contribution in [0.5, 0.6) is 0 Å². The number of H-pyrrole nitrogens is 1. The van der Waals surface area contributed by atoms with Gasteiger partial charge in [0.1, 0.15) is 17.8 Å². The van der Waals surface area contributed by atoms with Crippen LogP contribution in [-0.4, -0.2) is 38.9 Å². The van der Waals surface area contributed by atoms with Crippen LogP contribution in [0.25, 0.3) is 10.9 Å². The fraction of sp³-hybridized carbons (Fsp3) is 0.517. The Balaban J connectivity index is 1.90. The van der Waals surface area contributed by atoms with Gasteiger partial charge in [-0.3, -0.25) is 9.59 Å². The van der Waals surface area contributed by atoms with Gasteiger partial charge in [0, 0.05) is 29.4 Å². The minimum absolute atomic E-state index is 0.109. The zero-order chi connectivity index (χ0) is 27.8. The van der Waals surface area contributed by atoms with E-state index < -0.39 is 18.1 Å². The number of fused-ring (bicyclic) bond motifs is 1. The number of carbonyl (C=O) groups is 3. The van der Waals surface area contributed by atoms with Gasteiger partial charge in [0.25, 0.3) is 0 Å². The molecule has 0 unspecified atom stereocenters. The number of amides is 2. The molecule has 3 rings (SSSR count). The average Bonchev–Trinajstić information content (AvgIpc) is 3.46. The van der Waals surface area contributed by atoms with Crippen molar-refractivity contribution in [2.75, 3.05) is 0 Å². The maximum Gasteiger partial charge on any atom is 0.358 e. The number of carboxylic acids is 1. The molecule has 2 aromatic heterocycles. The number of aromatic nitrogens is 2. The van der Waals surface area contributed by atoms with Gasteiger partial charge in [-0.15, -0.1) is 0 Å². The number of aryl methyl sites for hydroxylation is 1. The van der Waals surface area contributed by atoms with Crippen LogP contribution in [-0.2, 0) is 16.0 Å². The van der Waals surface area contributed by atoms with E-state index in [-0.39, 0.29) is 41.0 Å². The SMILES string of the molecule is CCCC(CCC)C(=O)N[C@@H](CC(C)C)C(=O)N[C@H](Cc1c[nH]c2ccccc12)c1nc(C(=O)O)c(C)o1. The highest BCUT2D eigenvalue weighted by molar-refractivity contribution is 5.89. The van der Waals surface area contributed by atoms with Crippen LogP contribution in [0.1, 0.15) is 93.5 Å². The quantitative estimate of drug-likeness (QED) is 0.226. The van der Waals surface area contributed by atoms with Gasteiger partial charge in [-0.2, -0.15) is 0 Å². The number of oxazole rings is 1. The van der Waals surface area contributed by atoms with Gasteiger partial charge in [0.15, 0.2) is 5.69 Å². The van der Waals surface area contributed by atoms with Crippen LogP contribution in [0.2, 0.25) is 0 Å². The number of hydrogen-bond donors (Lipinski definition) is 4. The minimum Gasteiger partial charge on any atom is -0.476 e. The molecule has 4 N–H and O–H groups in total. The second-order valence-electron chi connectivity index (χ2n) is 10.4. The van der Waals surface area contributed by atoms with Crippen molar-refractivity contribution in [2.24, 2.45) is 11.8 Å². The first-order valence-electron chi connectivity index (χ1n) is 13.5. The zero-order valence-corrected chi connectivity index (χ0v) is 23.0. The number of hydrogen-bond acceptors (Lipinski definition) is 5. The molecule has 9 heteroatoms. The molecule has 2 amide bonds. The molecule has 0 aliphatic heterocycles. The lowest BCUT2D eigenvalue weighted by atomic mass is 9.95. The molecule has 2 heterocycles. The van der Waals surface area contributed by atoms with Crippen molar-refractivity contribution in [3.63, 3.8) is 0 Å². The Morgan fingerprint density at radius 1 is 1.05 bits per heavy atom. The topological polar surface area (TPSA) is 137 Å². The summed E-state index contributed by atoms with van der Waals surface area (Å²) >= 11 is 0. The number of carboxylic acid groups (broad SMARTS) is 1. The van der Waals surface area contributed by atoms with Crippen molar-refractivity contribution in [3.05, 3.63) is 53.4 Å². The van der Waals surface area contributed by atoms with Gasteiger partial charge in [-0.05, 0) is 43.7 Å². The van der Waals surface area contributed by atoms with Crippen LogP contribution < -0.4 is 10.6 Å². The number of nitrogens with zero attached hydrogens (tertiary/aromatic N) is 1. The van der Waals surface area contributed by atoms with Crippen molar-refractivity contribution in [1.82, 2.24) is 20.6 Å². The first-order chi connectivity index (χ1) is 18.1. The van der Waals surface area contributed by atoms with Crippen LogP contribution in [0.4, 0.5) is 0 Å². The van der Waals surface area contributed by atoms with E-state index in [0.29, 0.717) is 12.8 Å². The Morgan fingerprint density at radius 3 is 2.34 bits per heavy atom. The van der Waals surface area contributed by atoms with E-state index in [0.717, 1.165) is 42.1 Å². The van der Waals surface area contributed by atoms with Crippen LogP contribution in [0, 0.1) is 18.8 Å². The second-order valence-corrected chi connectivity index (χ2v) is 10.4. The average molecular weight is 525 g/mol. The summed E-state index contributed by atoms with van der Waals surface area (Å²) < 4.78 is 5.74. The molecule has 0 fully saturated rings. The molecular weight excluding hydrogens is 484 g/mol. The Hall–Kier alpha value is -3.62.